The lowest BCUT2D eigenvalue weighted by molar-refractivity contribution is 0.386. The fraction of sp³-hybridized carbons (Fsp3) is 0.154. The first-order chi connectivity index (χ1) is 8.65. The van der Waals surface area contributed by atoms with Crippen LogP contribution in [0.3, 0.4) is 0 Å². The molecule has 0 atom stereocenters. The highest BCUT2D eigenvalue weighted by Crippen LogP contribution is 2.30. The average Bonchev–Trinajstić information content (AvgIpc) is 2.41. The van der Waals surface area contributed by atoms with E-state index in [1.165, 1.54) is 13.2 Å². The lowest BCUT2D eigenvalue weighted by atomic mass is 10.1. The minimum Gasteiger partial charge on any atom is -0.494 e. The summed E-state index contributed by atoms with van der Waals surface area (Å²) < 4.78 is 24.6. The molecule has 2 rings (SSSR count). The average molecular weight is 359 g/mol. The molecule has 0 saturated carbocycles. The van der Waals surface area contributed by atoms with Crippen LogP contribution in [0.4, 0.5) is 4.39 Å². The van der Waals surface area contributed by atoms with Gasteiger partial charge in [0.15, 0.2) is 11.6 Å². The van der Waals surface area contributed by atoms with Gasteiger partial charge in [0.05, 0.1) is 19.9 Å². The van der Waals surface area contributed by atoms with Crippen LogP contribution in [-0.4, -0.2) is 19.2 Å². The van der Waals surface area contributed by atoms with Gasteiger partial charge in [0.2, 0.25) is 5.88 Å². The smallest absolute Gasteiger partial charge is 0.213 e. The molecule has 1 heterocycles. The first-order valence-electron chi connectivity index (χ1n) is 5.20. The molecule has 0 aliphatic rings. The molecule has 0 unspecified atom stereocenters. The molecule has 0 aliphatic carbocycles. The highest BCUT2D eigenvalue weighted by atomic mass is 127. The maximum absolute atomic E-state index is 13.7. The van der Waals surface area contributed by atoms with E-state index in [1.54, 1.807) is 19.2 Å². The summed E-state index contributed by atoms with van der Waals surface area (Å²) in [5, 5.41) is 0. The highest BCUT2D eigenvalue weighted by molar-refractivity contribution is 14.1. The van der Waals surface area contributed by atoms with Crippen LogP contribution >= 0.6 is 22.6 Å². The number of nitrogens with zero attached hydrogens (tertiary/aromatic N) is 1. The van der Waals surface area contributed by atoms with Crippen molar-refractivity contribution in [3.8, 4) is 22.9 Å². The van der Waals surface area contributed by atoms with Gasteiger partial charge in [0, 0.05) is 15.2 Å². The molecule has 0 N–H and O–H groups in total. The number of halogens is 2. The molecule has 18 heavy (non-hydrogen) atoms. The quantitative estimate of drug-likeness (QED) is 0.786. The molecule has 0 spiro atoms. The van der Waals surface area contributed by atoms with Gasteiger partial charge in [-0.15, -0.1) is 0 Å². The Morgan fingerprint density at radius 1 is 1.17 bits per heavy atom. The van der Waals surface area contributed by atoms with Gasteiger partial charge < -0.3 is 9.47 Å². The second-order valence-corrected chi connectivity index (χ2v) is 4.69. The largest absolute Gasteiger partial charge is 0.494 e. The molecule has 5 heteroatoms. The van der Waals surface area contributed by atoms with Gasteiger partial charge in [-0.1, -0.05) is 6.07 Å². The summed E-state index contributed by atoms with van der Waals surface area (Å²) in [6.45, 7) is 0. The Balaban J connectivity index is 2.53. The van der Waals surface area contributed by atoms with E-state index < -0.39 is 5.82 Å². The Kier molecular flexibility index (Phi) is 4.00. The Morgan fingerprint density at radius 3 is 2.61 bits per heavy atom. The fourth-order valence-corrected chi connectivity index (χ4v) is 2.27. The van der Waals surface area contributed by atoms with E-state index in [1.807, 2.05) is 12.1 Å². The molecular weight excluding hydrogens is 348 g/mol. The van der Waals surface area contributed by atoms with Crippen molar-refractivity contribution in [2.75, 3.05) is 14.2 Å². The van der Waals surface area contributed by atoms with Crippen molar-refractivity contribution in [2.24, 2.45) is 0 Å². The summed E-state index contributed by atoms with van der Waals surface area (Å²) in [5.41, 5.74) is 1.38. The van der Waals surface area contributed by atoms with Crippen LogP contribution in [0.1, 0.15) is 0 Å². The number of pyridine rings is 1. The third-order valence-corrected chi connectivity index (χ3v) is 3.34. The van der Waals surface area contributed by atoms with Crippen LogP contribution in [0.5, 0.6) is 11.6 Å². The van der Waals surface area contributed by atoms with Crippen molar-refractivity contribution in [3.05, 3.63) is 39.7 Å². The monoisotopic (exact) mass is 359 g/mol. The van der Waals surface area contributed by atoms with Crippen molar-refractivity contribution < 1.29 is 13.9 Å². The molecule has 0 saturated heterocycles. The predicted octanol–water partition coefficient (Wildman–Crippen LogP) is 3.51. The fourth-order valence-electron chi connectivity index (χ4n) is 1.56. The molecule has 0 fully saturated rings. The van der Waals surface area contributed by atoms with Crippen LogP contribution in [0, 0.1) is 9.39 Å². The first kappa shape index (κ1) is 13.1. The molecule has 3 nitrogen and oxygen atoms in total. The molecule has 1 aromatic heterocycles. The van der Waals surface area contributed by atoms with Gasteiger partial charge in [-0.05, 0) is 40.8 Å². The lowest BCUT2D eigenvalue weighted by Gasteiger charge is -2.09. The van der Waals surface area contributed by atoms with Crippen molar-refractivity contribution in [3.63, 3.8) is 0 Å². The lowest BCUT2D eigenvalue weighted by Crippen LogP contribution is -1.94. The minimum atomic E-state index is -0.405. The van der Waals surface area contributed by atoms with E-state index in [2.05, 4.69) is 27.6 Å². The molecule has 94 valence electrons. The maximum atomic E-state index is 13.7. The van der Waals surface area contributed by atoms with Gasteiger partial charge in [0.1, 0.15) is 0 Å². The van der Waals surface area contributed by atoms with Gasteiger partial charge in [-0.2, -0.15) is 0 Å². The molecule has 0 aliphatic heterocycles. The zero-order chi connectivity index (χ0) is 13.1. The molecule has 0 amide bonds. The van der Waals surface area contributed by atoms with Crippen molar-refractivity contribution in [2.45, 2.75) is 0 Å². The minimum absolute atomic E-state index is 0.228. The molecular formula is C13H11FINO2. The van der Waals surface area contributed by atoms with E-state index >= 15 is 0 Å². The van der Waals surface area contributed by atoms with Crippen LogP contribution in [0.15, 0.2) is 30.3 Å². The van der Waals surface area contributed by atoms with Crippen LogP contribution in [0.2, 0.25) is 0 Å². The van der Waals surface area contributed by atoms with E-state index in [-0.39, 0.29) is 5.75 Å². The highest BCUT2D eigenvalue weighted by Gasteiger charge is 2.11. The second-order valence-electron chi connectivity index (χ2n) is 3.53. The number of methoxy groups -OCH3 is 2. The van der Waals surface area contributed by atoms with Crippen molar-refractivity contribution in [1.29, 1.82) is 0 Å². The summed E-state index contributed by atoms with van der Waals surface area (Å²) in [7, 11) is 2.99. The van der Waals surface area contributed by atoms with Crippen LogP contribution in [-0.2, 0) is 0 Å². The number of hydrogen-bond donors (Lipinski definition) is 0. The first-order valence-corrected chi connectivity index (χ1v) is 6.28. The molecule has 2 aromatic rings. The number of aromatic nitrogens is 1. The summed E-state index contributed by atoms with van der Waals surface area (Å²) >= 11 is 2.13. The van der Waals surface area contributed by atoms with E-state index in [9.17, 15) is 4.39 Å². The SMILES string of the molecule is COc1cccc(-c2cc(F)c(OC)cc2I)n1. The maximum Gasteiger partial charge on any atom is 0.213 e. The summed E-state index contributed by atoms with van der Waals surface area (Å²) in [4.78, 5) is 4.28. The van der Waals surface area contributed by atoms with Crippen molar-refractivity contribution in [1.82, 2.24) is 4.98 Å². The molecule has 1 aromatic carbocycles. The van der Waals surface area contributed by atoms with Gasteiger partial charge >= 0.3 is 0 Å². The standard InChI is InChI=1S/C13H11FINO2/c1-17-12-7-10(15)8(6-9(12)14)11-4-3-5-13(16-11)18-2/h3-7H,1-2H3. The Labute approximate surface area is 118 Å². The van der Waals surface area contributed by atoms with Gasteiger partial charge in [-0.3, -0.25) is 0 Å². The van der Waals surface area contributed by atoms with E-state index in [0.29, 0.717) is 17.1 Å². The normalized spacial score (nSPS) is 10.2. The van der Waals surface area contributed by atoms with E-state index in [4.69, 9.17) is 9.47 Å². The predicted molar refractivity (Wildman–Crippen MR) is 75.5 cm³/mol. The Bertz CT molecular complexity index is 575. The second kappa shape index (κ2) is 5.51. The Hall–Kier alpha value is -1.37. The number of benzene rings is 1. The zero-order valence-electron chi connectivity index (χ0n) is 9.91. The number of ether oxygens (including phenoxy) is 2. The van der Waals surface area contributed by atoms with Crippen molar-refractivity contribution >= 4 is 22.6 Å². The summed E-state index contributed by atoms with van der Waals surface area (Å²) in [5.74, 6) is 0.322. The summed E-state index contributed by atoms with van der Waals surface area (Å²) in [6, 6.07) is 8.44. The number of hydrogen-bond acceptors (Lipinski definition) is 3. The van der Waals surface area contributed by atoms with Gasteiger partial charge in [0.25, 0.3) is 0 Å². The summed E-state index contributed by atoms with van der Waals surface area (Å²) in [6.07, 6.45) is 0. The molecule has 0 bridgehead atoms. The zero-order valence-corrected chi connectivity index (χ0v) is 12.1. The topological polar surface area (TPSA) is 31.4 Å². The third kappa shape index (κ3) is 2.55. The van der Waals surface area contributed by atoms with Gasteiger partial charge in [-0.25, -0.2) is 9.37 Å². The third-order valence-electron chi connectivity index (χ3n) is 2.45. The van der Waals surface area contributed by atoms with Crippen LogP contribution in [0.25, 0.3) is 11.3 Å². The molecule has 0 radical (unpaired) electrons. The Morgan fingerprint density at radius 2 is 1.94 bits per heavy atom. The number of rotatable bonds is 3. The van der Waals surface area contributed by atoms with E-state index in [0.717, 1.165) is 3.57 Å². The van der Waals surface area contributed by atoms with Crippen LogP contribution < -0.4 is 9.47 Å².